The van der Waals surface area contributed by atoms with Crippen LogP contribution in [0.4, 0.5) is 4.39 Å². The van der Waals surface area contributed by atoms with Crippen molar-refractivity contribution in [2.75, 3.05) is 13.2 Å². The molecule has 1 N–H and O–H groups in total. The van der Waals surface area contributed by atoms with E-state index in [9.17, 15) is 14.3 Å². The zero-order valence-electron chi connectivity index (χ0n) is 15.7. The van der Waals surface area contributed by atoms with Crippen LogP contribution in [0.15, 0.2) is 64.3 Å². The van der Waals surface area contributed by atoms with Crippen molar-refractivity contribution in [3.63, 3.8) is 0 Å². The second-order valence-corrected chi connectivity index (χ2v) is 6.04. The number of carboxylic acid groups (broad SMARTS) is 1. The number of ether oxygens (including phenoxy) is 1. The molecule has 8 heteroatoms. The van der Waals surface area contributed by atoms with Gasteiger partial charge in [-0.15, -0.1) is 0 Å². The average molecular weight is 398 g/mol. The predicted octanol–water partition coefficient (Wildman–Crippen LogP) is 4.39. The minimum atomic E-state index is -1.10. The molecule has 0 amide bonds. The first-order chi connectivity index (χ1) is 14.1. The molecule has 2 aromatic carbocycles. The van der Waals surface area contributed by atoms with Crippen molar-refractivity contribution < 1.29 is 28.4 Å². The van der Waals surface area contributed by atoms with E-state index >= 15 is 0 Å². The van der Waals surface area contributed by atoms with E-state index in [1.165, 1.54) is 18.2 Å². The summed E-state index contributed by atoms with van der Waals surface area (Å²) < 4.78 is 24.1. The largest absolute Gasteiger partial charge is 0.486 e. The number of halogens is 1. The molecule has 1 aromatic heterocycles. The lowest BCUT2D eigenvalue weighted by Gasteiger charge is -2.09. The second kappa shape index (κ2) is 9.50. The van der Waals surface area contributed by atoms with Gasteiger partial charge >= 0.3 is 5.97 Å². The number of carboxylic acids is 1. The first-order valence-corrected chi connectivity index (χ1v) is 8.95. The third-order valence-electron chi connectivity index (χ3n) is 3.89. The van der Waals surface area contributed by atoms with Gasteiger partial charge in [-0.25, -0.2) is 9.18 Å². The molecule has 0 saturated heterocycles. The van der Waals surface area contributed by atoms with Gasteiger partial charge in [0.05, 0.1) is 0 Å². The fraction of sp³-hybridized carbons (Fsp3) is 0.190. The van der Waals surface area contributed by atoms with Crippen molar-refractivity contribution in [2.45, 2.75) is 13.3 Å². The monoisotopic (exact) mass is 398 g/mol. The maximum Gasteiger partial charge on any atom is 0.339 e. The molecule has 150 valence electrons. The number of carbonyl (C=O) groups is 1. The summed E-state index contributed by atoms with van der Waals surface area (Å²) in [4.78, 5) is 16.6. The molecule has 1 heterocycles. The fourth-order valence-electron chi connectivity index (χ4n) is 2.44. The molecule has 0 aliphatic rings. The first kappa shape index (κ1) is 20.1. The molecule has 29 heavy (non-hydrogen) atoms. The summed E-state index contributed by atoms with van der Waals surface area (Å²) in [6.45, 7) is 2.25. The molecule has 3 rings (SSSR count). The van der Waals surface area contributed by atoms with Gasteiger partial charge < -0.3 is 19.2 Å². The maximum atomic E-state index is 13.1. The number of hydrogen-bond acceptors (Lipinski definition) is 6. The Bertz CT molecular complexity index is 998. The van der Waals surface area contributed by atoms with E-state index in [0.717, 1.165) is 6.42 Å². The first-order valence-electron chi connectivity index (χ1n) is 8.95. The summed E-state index contributed by atoms with van der Waals surface area (Å²) in [5.41, 5.74) is 1.51. The maximum absolute atomic E-state index is 13.1. The molecule has 0 unspecified atom stereocenters. The van der Waals surface area contributed by atoms with Crippen molar-refractivity contribution in [3.05, 3.63) is 71.7 Å². The van der Waals surface area contributed by atoms with Crippen LogP contribution < -0.4 is 4.74 Å². The number of nitrogens with zero attached hydrogens (tertiary/aromatic N) is 2. The van der Waals surface area contributed by atoms with Crippen LogP contribution in [0, 0.1) is 5.82 Å². The Balaban J connectivity index is 1.82. The predicted molar refractivity (Wildman–Crippen MR) is 104 cm³/mol. The molecule has 0 spiro atoms. The smallest absolute Gasteiger partial charge is 0.339 e. The summed E-state index contributed by atoms with van der Waals surface area (Å²) in [5, 5.41) is 17.3. The highest BCUT2D eigenvalue weighted by Gasteiger charge is 2.17. The highest BCUT2D eigenvalue weighted by Crippen LogP contribution is 2.21. The standard InChI is InChI=1S/C21H19FN2O5/c1-2-11-28-23-18(13-27-19-6-4-3-5-16(19)21(25)26)20-12-17(24-29-20)14-7-9-15(22)10-8-14/h3-10,12H,2,11,13H2,1H3,(H,25,26)/b23-18+. The van der Waals surface area contributed by atoms with Crippen LogP contribution >= 0.6 is 0 Å². The van der Waals surface area contributed by atoms with Gasteiger partial charge in [-0.05, 0) is 42.8 Å². The molecule has 0 aliphatic heterocycles. The molecule has 0 radical (unpaired) electrons. The number of aromatic nitrogens is 1. The molecule has 0 atom stereocenters. The fourth-order valence-corrected chi connectivity index (χ4v) is 2.44. The average Bonchev–Trinajstić information content (AvgIpc) is 3.21. The van der Waals surface area contributed by atoms with E-state index in [1.807, 2.05) is 6.92 Å². The van der Waals surface area contributed by atoms with Crippen molar-refractivity contribution in [3.8, 4) is 17.0 Å². The highest BCUT2D eigenvalue weighted by atomic mass is 19.1. The Morgan fingerprint density at radius 1 is 1.21 bits per heavy atom. The highest BCUT2D eigenvalue weighted by molar-refractivity contribution is 6.00. The van der Waals surface area contributed by atoms with Crippen LogP contribution in [-0.2, 0) is 4.84 Å². The van der Waals surface area contributed by atoms with Gasteiger partial charge in [0, 0.05) is 11.6 Å². The van der Waals surface area contributed by atoms with E-state index in [2.05, 4.69) is 10.3 Å². The molecular formula is C21H19FN2O5. The van der Waals surface area contributed by atoms with Crippen LogP contribution in [0.25, 0.3) is 11.3 Å². The van der Waals surface area contributed by atoms with Gasteiger partial charge in [0.1, 0.15) is 36.0 Å². The number of aromatic carboxylic acids is 1. The summed E-state index contributed by atoms with van der Waals surface area (Å²) >= 11 is 0. The molecule has 0 fully saturated rings. The van der Waals surface area contributed by atoms with Crippen molar-refractivity contribution in [1.29, 1.82) is 0 Å². The number of benzene rings is 2. The lowest BCUT2D eigenvalue weighted by molar-refractivity contribution is 0.0693. The van der Waals surface area contributed by atoms with Crippen LogP contribution in [0.1, 0.15) is 29.5 Å². The van der Waals surface area contributed by atoms with E-state index in [-0.39, 0.29) is 23.7 Å². The number of rotatable bonds is 9. The lowest BCUT2D eigenvalue weighted by atomic mass is 10.1. The Morgan fingerprint density at radius 2 is 1.97 bits per heavy atom. The summed E-state index contributed by atoms with van der Waals surface area (Å²) in [6.07, 6.45) is 0.761. The third-order valence-corrected chi connectivity index (χ3v) is 3.89. The van der Waals surface area contributed by atoms with Crippen molar-refractivity contribution in [2.24, 2.45) is 5.16 Å². The SMILES string of the molecule is CCCO/N=C(\COc1ccccc1C(=O)O)c1cc(-c2ccc(F)cc2)no1. The molecule has 0 bridgehead atoms. The van der Waals surface area contributed by atoms with E-state index in [1.54, 1.807) is 36.4 Å². The van der Waals surface area contributed by atoms with Crippen LogP contribution in [-0.4, -0.2) is 35.2 Å². The molecule has 0 saturated carbocycles. The van der Waals surface area contributed by atoms with Crippen molar-refractivity contribution >= 4 is 11.7 Å². The van der Waals surface area contributed by atoms with Gasteiger partial charge in [0.15, 0.2) is 11.5 Å². The molecule has 7 nitrogen and oxygen atoms in total. The molecule has 3 aromatic rings. The Morgan fingerprint density at radius 3 is 2.69 bits per heavy atom. The lowest BCUT2D eigenvalue weighted by Crippen LogP contribution is -2.15. The molecular weight excluding hydrogens is 379 g/mol. The Labute approximate surface area is 166 Å². The Kier molecular flexibility index (Phi) is 6.57. The number of para-hydroxylation sites is 1. The number of hydrogen-bond donors (Lipinski definition) is 1. The number of oxime groups is 1. The Hall–Kier alpha value is -3.68. The van der Waals surface area contributed by atoms with Crippen LogP contribution in [0.3, 0.4) is 0 Å². The van der Waals surface area contributed by atoms with Gasteiger partial charge in [0.25, 0.3) is 0 Å². The summed E-state index contributed by atoms with van der Waals surface area (Å²) in [7, 11) is 0. The molecule has 0 aliphatic carbocycles. The topological polar surface area (TPSA) is 94.2 Å². The van der Waals surface area contributed by atoms with Gasteiger partial charge in [0.2, 0.25) is 0 Å². The summed E-state index contributed by atoms with van der Waals surface area (Å²) in [6, 6.07) is 13.7. The minimum Gasteiger partial charge on any atom is -0.486 e. The minimum absolute atomic E-state index is 0.0332. The van der Waals surface area contributed by atoms with E-state index in [0.29, 0.717) is 29.3 Å². The third kappa shape index (κ3) is 5.19. The van der Waals surface area contributed by atoms with Gasteiger partial charge in [-0.3, -0.25) is 0 Å². The van der Waals surface area contributed by atoms with Gasteiger partial charge in [-0.2, -0.15) is 0 Å². The van der Waals surface area contributed by atoms with Gasteiger partial charge in [-0.1, -0.05) is 29.4 Å². The van der Waals surface area contributed by atoms with Crippen LogP contribution in [0.2, 0.25) is 0 Å². The summed E-state index contributed by atoms with van der Waals surface area (Å²) in [5.74, 6) is -0.951. The van der Waals surface area contributed by atoms with E-state index < -0.39 is 5.97 Å². The normalized spacial score (nSPS) is 11.3. The zero-order valence-corrected chi connectivity index (χ0v) is 15.7. The quantitative estimate of drug-likeness (QED) is 0.326. The van der Waals surface area contributed by atoms with Crippen LogP contribution in [0.5, 0.6) is 5.75 Å². The second-order valence-electron chi connectivity index (χ2n) is 6.04. The zero-order chi connectivity index (χ0) is 20.6. The van der Waals surface area contributed by atoms with E-state index in [4.69, 9.17) is 14.1 Å². The van der Waals surface area contributed by atoms with Crippen molar-refractivity contribution in [1.82, 2.24) is 5.16 Å².